The van der Waals surface area contributed by atoms with Crippen molar-refractivity contribution >= 4 is 18.0 Å². The summed E-state index contributed by atoms with van der Waals surface area (Å²) in [6, 6.07) is 12.0. The summed E-state index contributed by atoms with van der Waals surface area (Å²) < 4.78 is 5.91. The Bertz CT molecular complexity index is 825. The van der Waals surface area contributed by atoms with Gasteiger partial charge >= 0.3 is 5.97 Å². The van der Waals surface area contributed by atoms with E-state index in [2.05, 4.69) is 37.9 Å². The zero-order chi connectivity index (χ0) is 20.7. The fourth-order valence-corrected chi connectivity index (χ4v) is 2.93. The summed E-state index contributed by atoms with van der Waals surface area (Å²) in [5.41, 5.74) is 5.55. The van der Waals surface area contributed by atoms with Crippen LogP contribution in [0.1, 0.15) is 65.4 Å². The molecule has 150 valence electrons. The Kier molecular flexibility index (Phi) is 7.80. The van der Waals surface area contributed by atoms with Crippen LogP contribution < -0.4 is 0 Å². The maximum atomic E-state index is 12.9. The Morgan fingerprint density at radius 1 is 1.11 bits per heavy atom. The molecule has 0 heterocycles. The average molecular weight is 381 g/mol. The van der Waals surface area contributed by atoms with E-state index in [1.54, 1.807) is 0 Å². The van der Waals surface area contributed by atoms with Crippen molar-refractivity contribution in [3.05, 3.63) is 64.2 Å². The molecule has 28 heavy (non-hydrogen) atoms. The van der Waals surface area contributed by atoms with Crippen molar-refractivity contribution in [2.75, 3.05) is 13.6 Å². The highest BCUT2D eigenvalue weighted by molar-refractivity contribution is 5.92. The van der Waals surface area contributed by atoms with Crippen LogP contribution in [0.5, 0.6) is 0 Å². The Morgan fingerprint density at radius 2 is 1.79 bits per heavy atom. The first-order chi connectivity index (χ1) is 13.3. The van der Waals surface area contributed by atoms with Crippen molar-refractivity contribution in [2.45, 2.75) is 53.6 Å². The highest BCUT2D eigenvalue weighted by atomic mass is 16.5. The largest absolute Gasteiger partial charge is 0.454 e. The molecule has 4 heteroatoms. The smallest absolute Gasteiger partial charge is 0.339 e. The number of esters is 1. The molecule has 1 unspecified atom stereocenters. The molecule has 0 aliphatic carbocycles. The number of aryl methyl sites for hydroxylation is 3. The summed E-state index contributed by atoms with van der Waals surface area (Å²) in [4.78, 5) is 19.4. The normalized spacial score (nSPS) is 12.2. The lowest BCUT2D eigenvalue weighted by Crippen LogP contribution is -2.14. The number of hydrogen-bond acceptors (Lipinski definition) is 3. The number of rotatable bonds is 8. The number of carbonyl (C=O) groups excluding carboxylic acids is 1. The Morgan fingerprint density at radius 3 is 2.39 bits per heavy atom. The number of benzene rings is 2. The molecule has 0 bridgehead atoms. The summed E-state index contributed by atoms with van der Waals surface area (Å²) in [6.07, 6.45) is 3.34. The third kappa shape index (κ3) is 5.69. The summed E-state index contributed by atoms with van der Waals surface area (Å²) >= 11 is 0. The van der Waals surface area contributed by atoms with E-state index in [1.807, 2.05) is 56.4 Å². The van der Waals surface area contributed by atoms with Crippen molar-refractivity contribution in [1.29, 1.82) is 0 Å². The highest BCUT2D eigenvalue weighted by Crippen LogP contribution is 2.28. The predicted octanol–water partition coefficient (Wildman–Crippen LogP) is 5.92. The number of carbonyl (C=O) groups is 1. The van der Waals surface area contributed by atoms with Crippen LogP contribution in [0.2, 0.25) is 0 Å². The second-order valence-electron chi connectivity index (χ2n) is 7.36. The van der Waals surface area contributed by atoms with Gasteiger partial charge in [0, 0.05) is 13.6 Å². The van der Waals surface area contributed by atoms with E-state index in [0.29, 0.717) is 5.56 Å². The number of nitrogens with zero attached hydrogens (tertiary/aromatic N) is 2. The molecule has 0 N–H and O–H groups in total. The van der Waals surface area contributed by atoms with Gasteiger partial charge in [0.1, 0.15) is 6.10 Å². The Hall–Kier alpha value is -2.62. The highest BCUT2D eigenvalue weighted by Gasteiger charge is 2.19. The quantitative estimate of drug-likeness (QED) is 0.324. The molecule has 0 aliphatic rings. The molecule has 0 radical (unpaired) electrons. The first kappa shape index (κ1) is 21.7. The van der Waals surface area contributed by atoms with Crippen LogP contribution in [0.3, 0.4) is 0 Å². The molecular weight excluding hydrogens is 348 g/mol. The fraction of sp³-hybridized carbons (Fsp3) is 0.417. The van der Waals surface area contributed by atoms with Crippen molar-refractivity contribution in [1.82, 2.24) is 4.90 Å². The molecule has 0 spiro atoms. The molecule has 2 rings (SSSR count). The van der Waals surface area contributed by atoms with Crippen LogP contribution in [0.4, 0.5) is 5.69 Å². The van der Waals surface area contributed by atoms with E-state index in [9.17, 15) is 4.79 Å². The van der Waals surface area contributed by atoms with Gasteiger partial charge in [-0.05, 0) is 62.9 Å². The van der Waals surface area contributed by atoms with Gasteiger partial charge in [-0.15, -0.1) is 0 Å². The average Bonchev–Trinajstić information content (AvgIpc) is 2.68. The van der Waals surface area contributed by atoms with Crippen molar-refractivity contribution in [3.63, 3.8) is 0 Å². The van der Waals surface area contributed by atoms with Gasteiger partial charge in [-0.25, -0.2) is 9.79 Å². The van der Waals surface area contributed by atoms with Gasteiger partial charge in [0.2, 0.25) is 0 Å². The number of aliphatic imine (C=N–C) groups is 1. The monoisotopic (exact) mass is 380 g/mol. The van der Waals surface area contributed by atoms with Gasteiger partial charge in [-0.1, -0.05) is 43.2 Å². The second-order valence-corrected chi connectivity index (χ2v) is 7.36. The summed E-state index contributed by atoms with van der Waals surface area (Å²) in [5, 5.41) is 0. The van der Waals surface area contributed by atoms with Crippen molar-refractivity contribution in [2.24, 2.45) is 4.99 Å². The predicted molar refractivity (Wildman–Crippen MR) is 117 cm³/mol. The molecule has 0 amide bonds. The zero-order valence-electron chi connectivity index (χ0n) is 18.0. The lowest BCUT2D eigenvalue weighted by atomic mass is 10.0. The van der Waals surface area contributed by atoms with Crippen LogP contribution in [0.25, 0.3) is 0 Å². The van der Waals surface area contributed by atoms with Crippen molar-refractivity contribution in [3.8, 4) is 0 Å². The fourth-order valence-electron chi connectivity index (χ4n) is 2.93. The zero-order valence-corrected chi connectivity index (χ0v) is 18.0. The van der Waals surface area contributed by atoms with Gasteiger partial charge in [0.15, 0.2) is 0 Å². The van der Waals surface area contributed by atoms with Gasteiger partial charge in [-0.2, -0.15) is 0 Å². The molecular formula is C24H32N2O2. The maximum absolute atomic E-state index is 12.9. The Balaban J connectivity index is 2.23. The van der Waals surface area contributed by atoms with Crippen molar-refractivity contribution < 1.29 is 9.53 Å². The molecule has 0 aromatic heterocycles. The molecule has 2 aromatic carbocycles. The summed E-state index contributed by atoms with van der Waals surface area (Å²) in [5.74, 6) is -0.277. The molecule has 1 atom stereocenters. The Labute approximate surface area is 169 Å². The lowest BCUT2D eigenvalue weighted by molar-refractivity contribution is 0.0274. The first-order valence-electron chi connectivity index (χ1n) is 9.98. The van der Waals surface area contributed by atoms with Gasteiger partial charge in [0.05, 0.1) is 17.6 Å². The van der Waals surface area contributed by atoms with E-state index in [0.717, 1.165) is 41.8 Å². The van der Waals surface area contributed by atoms with Crippen LogP contribution in [-0.2, 0) is 4.74 Å². The van der Waals surface area contributed by atoms with Gasteiger partial charge in [0.25, 0.3) is 0 Å². The topological polar surface area (TPSA) is 41.9 Å². The minimum absolute atomic E-state index is 0.228. The standard InChI is InChI=1S/C24H32N2O2/c1-7-9-23(20-12-10-17(3)11-13-20)28-24(27)21-14-19(5)22(15-18(21)4)25-16-26(6)8-2/h10-16,23H,7-9H2,1-6H3/b25-16+. The van der Waals surface area contributed by atoms with E-state index < -0.39 is 0 Å². The van der Waals surface area contributed by atoms with E-state index in [4.69, 9.17) is 4.74 Å². The number of hydrogen-bond donors (Lipinski definition) is 0. The summed E-state index contributed by atoms with van der Waals surface area (Å²) in [7, 11) is 1.98. The van der Waals surface area contributed by atoms with Crippen LogP contribution >= 0.6 is 0 Å². The third-order valence-corrected chi connectivity index (χ3v) is 4.90. The molecule has 2 aromatic rings. The minimum atomic E-state index is -0.277. The minimum Gasteiger partial charge on any atom is -0.454 e. The molecule has 4 nitrogen and oxygen atoms in total. The summed E-state index contributed by atoms with van der Waals surface area (Å²) in [6.45, 7) is 11.0. The SMILES string of the molecule is CCCC(OC(=O)c1cc(C)c(/N=C/N(C)CC)cc1C)c1ccc(C)cc1. The molecule has 0 saturated heterocycles. The third-order valence-electron chi connectivity index (χ3n) is 4.90. The van der Waals surface area contributed by atoms with Gasteiger partial charge in [-0.3, -0.25) is 0 Å². The van der Waals surface area contributed by atoms with E-state index >= 15 is 0 Å². The van der Waals surface area contributed by atoms with Gasteiger partial charge < -0.3 is 9.64 Å². The van der Waals surface area contributed by atoms with Crippen LogP contribution in [0, 0.1) is 20.8 Å². The lowest BCUT2D eigenvalue weighted by Gasteiger charge is -2.19. The first-order valence-corrected chi connectivity index (χ1v) is 9.98. The van der Waals surface area contributed by atoms with Crippen LogP contribution in [-0.4, -0.2) is 30.8 Å². The second kappa shape index (κ2) is 10.1. The number of ether oxygens (including phenoxy) is 1. The molecule has 0 aliphatic heterocycles. The maximum Gasteiger partial charge on any atom is 0.339 e. The molecule has 0 saturated carbocycles. The molecule has 0 fully saturated rings. The van der Waals surface area contributed by atoms with E-state index in [-0.39, 0.29) is 12.1 Å². The van der Waals surface area contributed by atoms with E-state index in [1.165, 1.54) is 5.56 Å². The van der Waals surface area contributed by atoms with Crippen LogP contribution in [0.15, 0.2) is 41.4 Å².